The van der Waals surface area contributed by atoms with E-state index < -0.39 is 0 Å². The first kappa shape index (κ1) is 17.4. The van der Waals surface area contributed by atoms with Gasteiger partial charge in [-0.05, 0) is 32.0 Å². The number of amides is 1. The number of hydrogen-bond acceptors (Lipinski definition) is 8. The van der Waals surface area contributed by atoms with Gasteiger partial charge in [0.25, 0.3) is 5.56 Å². The van der Waals surface area contributed by atoms with Crippen LogP contribution < -0.4 is 15.6 Å². The molecule has 3 aromatic rings. The summed E-state index contributed by atoms with van der Waals surface area (Å²) in [6.45, 7) is 4.08. The molecule has 3 rings (SSSR count). The van der Waals surface area contributed by atoms with Gasteiger partial charge in [0.05, 0.1) is 22.6 Å². The van der Waals surface area contributed by atoms with Crippen molar-refractivity contribution in [1.29, 1.82) is 0 Å². The molecule has 0 fully saturated rings. The van der Waals surface area contributed by atoms with Gasteiger partial charge in [-0.15, -0.1) is 10.2 Å². The second kappa shape index (κ2) is 7.62. The summed E-state index contributed by atoms with van der Waals surface area (Å²) < 4.78 is 6.39. The Labute approximate surface area is 151 Å². The van der Waals surface area contributed by atoms with Crippen LogP contribution >= 0.6 is 23.1 Å². The fraction of sp³-hybridized carbons (Fsp3) is 0.267. The predicted molar refractivity (Wildman–Crippen MR) is 97.5 cm³/mol. The van der Waals surface area contributed by atoms with E-state index in [1.807, 2.05) is 25.1 Å². The van der Waals surface area contributed by atoms with E-state index in [2.05, 4.69) is 25.5 Å². The SMILES string of the molecule is CCOc1ccc2nc(NC(=O)CSc3nnc(C)c(=O)[nH]3)sc2c1. The lowest BCUT2D eigenvalue weighted by atomic mass is 10.3. The number of ether oxygens (including phenoxy) is 1. The molecule has 0 radical (unpaired) electrons. The molecule has 25 heavy (non-hydrogen) atoms. The van der Waals surface area contributed by atoms with Crippen LogP contribution in [-0.4, -0.2) is 38.4 Å². The second-order valence-corrected chi connectivity index (χ2v) is 6.96. The van der Waals surface area contributed by atoms with Gasteiger partial charge < -0.3 is 10.1 Å². The Bertz CT molecular complexity index is 969. The van der Waals surface area contributed by atoms with Crippen LogP contribution in [-0.2, 0) is 4.79 Å². The number of nitrogens with one attached hydrogen (secondary N) is 2. The van der Waals surface area contributed by atoms with Gasteiger partial charge in [-0.1, -0.05) is 23.1 Å². The highest BCUT2D eigenvalue weighted by Gasteiger charge is 2.10. The Morgan fingerprint density at radius 2 is 2.24 bits per heavy atom. The van der Waals surface area contributed by atoms with Crippen LogP contribution in [0.25, 0.3) is 10.2 Å². The summed E-state index contributed by atoms with van der Waals surface area (Å²) in [6.07, 6.45) is 0. The molecule has 0 aliphatic heterocycles. The molecule has 1 amide bonds. The van der Waals surface area contributed by atoms with Crippen molar-refractivity contribution in [2.24, 2.45) is 0 Å². The highest BCUT2D eigenvalue weighted by molar-refractivity contribution is 7.99. The monoisotopic (exact) mass is 377 g/mol. The van der Waals surface area contributed by atoms with Crippen molar-refractivity contribution in [2.75, 3.05) is 17.7 Å². The van der Waals surface area contributed by atoms with Crippen molar-refractivity contribution in [3.05, 3.63) is 34.2 Å². The molecule has 0 aliphatic rings. The number of thiazole rings is 1. The van der Waals surface area contributed by atoms with E-state index in [1.54, 1.807) is 6.92 Å². The lowest BCUT2D eigenvalue weighted by molar-refractivity contribution is -0.113. The molecule has 2 heterocycles. The number of rotatable bonds is 6. The van der Waals surface area contributed by atoms with E-state index in [1.165, 1.54) is 11.3 Å². The molecule has 0 saturated carbocycles. The standard InChI is InChI=1S/C15H15N5O3S2/c1-3-23-9-4-5-10-11(6-9)25-14(16-10)17-12(21)7-24-15-18-13(22)8(2)19-20-15/h4-6H,3,7H2,1-2H3,(H,16,17,21)(H,18,20,22). The number of anilines is 1. The smallest absolute Gasteiger partial charge is 0.273 e. The lowest BCUT2D eigenvalue weighted by Crippen LogP contribution is -2.17. The first-order valence-electron chi connectivity index (χ1n) is 7.45. The fourth-order valence-corrected chi connectivity index (χ4v) is 3.46. The number of hydrogen-bond donors (Lipinski definition) is 2. The van der Waals surface area contributed by atoms with Gasteiger partial charge in [-0.2, -0.15) is 0 Å². The molecule has 130 valence electrons. The van der Waals surface area contributed by atoms with Gasteiger partial charge in [0.15, 0.2) is 10.3 Å². The second-order valence-electron chi connectivity index (χ2n) is 4.96. The maximum absolute atomic E-state index is 12.1. The Kier molecular flexibility index (Phi) is 5.29. The van der Waals surface area contributed by atoms with Crippen LogP contribution in [0.2, 0.25) is 0 Å². The molecule has 10 heteroatoms. The number of benzene rings is 1. The average Bonchev–Trinajstić information content (AvgIpc) is 2.97. The van der Waals surface area contributed by atoms with E-state index in [0.29, 0.717) is 16.9 Å². The number of H-pyrrole nitrogens is 1. The Hall–Kier alpha value is -2.46. The lowest BCUT2D eigenvalue weighted by Gasteiger charge is -2.01. The first-order valence-corrected chi connectivity index (χ1v) is 9.25. The van der Waals surface area contributed by atoms with E-state index in [0.717, 1.165) is 27.7 Å². The van der Waals surface area contributed by atoms with Gasteiger partial charge in [-0.3, -0.25) is 14.6 Å². The van der Waals surface area contributed by atoms with E-state index in [-0.39, 0.29) is 22.9 Å². The fourth-order valence-electron chi connectivity index (χ4n) is 1.95. The Morgan fingerprint density at radius 3 is 3.00 bits per heavy atom. The third kappa shape index (κ3) is 4.34. The minimum absolute atomic E-state index is 0.0911. The Morgan fingerprint density at radius 1 is 1.40 bits per heavy atom. The van der Waals surface area contributed by atoms with E-state index in [9.17, 15) is 9.59 Å². The van der Waals surface area contributed by atoms with Gasteiger partial charge in [-0.25, -0.2) is 4.98 Å². The number of aryl methyl sites for hydroxylation is 1. The molecule has 0 saturated heterocycles. The summed E-state index contributed by atoms with van der Waals surface area (Å²) in [4.78, 5) is 30.4. The minimum Gasteiger partial charge on any atom is -0.494 e. The van der Waals surface area contributed by atoms with Gasteiger partial charge in [0.2, 0.25) is 5.91 Å². The summed E-state index contributed by atoms with van der Waals surface area (Å²) in [6, 6.07) is 5.60. The zero-order chi connectivity index (χ0) is 17.8. The number of aromatic nitrogens is 4. The largest absolute Gasteiger partial charge is 0.494 e. The number of fused-ring (bicyclic) bond motifs is 1. The van der Waals surface area contributed by atoms with Crippen molar-refractivity contribution in [2.45, 2.75) is 19.0 Å². The van der Waals surface area contributed by atoms with Crippen LogP contribution in [0.4, 0.5) is 5.13 Å². The zero-order valence-corrected chi connectivity index (χ0v) is 15.2. The van der Waals surface area contributed by atoms with Crippen molar-refractivity contribution >= 4 is 44.4 Å². The van der Waals surface area contributed by atoms with Crippen LogP contribution in [0.15, 0.2) is 28.2 Å². The topological polar surface area (TPSA) is 110 Å². The van der Waals surface area contributed by atoms with Crippen LogP contribution in [0.1, 0.15) is 12.6 Å². The number of nitrogens with zero attached hydrogens (tertiary/aromatic N) is 3. The quantitative estimate of drug-likeness (QED) is 0.634. The van der Waals surface area contributed by atoms with Gasteiger partial charge in [0.1, 0.15) is 11.4 Å². The van der Waals surface area contributed by atoms with Crippen LogP contribution in [0.5, 0.6) is 5.75 Å². The van der Waals surface area contributed by atoms with E-state index in [4.69, 9.17) is 4.74 Å². The predicted octanol–water partition coefficient (Wildman–Crippen LogP) is 2.21. The summed E-state index contributed by atoms with van der Waals surface area (Å²) in [5.41, 5.74) is 0.772. The van der Waals surface area contributed by atoms with Gasteiger partial charge in [0, 0.05) is 0 Å². The summed E-state index contributed by atoms with van der Waals surface area (Å²) in [5.74, 6) is 0.625. The van der Waals surface area contributed by atoms with Crippen molar-refractivity contribution in [3.63, 3.8) is 0 Å². The molecule has 2 aromatic heterocycles. The molecule has 0 spiro atoms. The van der Waals surface area contributed by atoms with Crippen LogP contribution in [0.3, 0.4) is 0 Å². The summed E-state index contributed by atoms with van der Waals surface area (Å²) in [7, 11) is 0. The summed E-state index contributed by atoms with van der Waals surface area (Å²) in [5, 5.41) is 11.1. The van der Waals surface area contributed by atoms with E-state index >= 15 is 0 Å². The molecular weight excluding hydrogens is 362 g/mol. The maximum atomic E-state index is 12.1. The first-order chi connectivity index (χ1) is 12.0. The zero-order valence-electron chi connectivity index (χ0n) is 13.5. The van der Waals surface area contributed by atoms with Gasteiger partial charge >= 0.3 is 0 Å². The molecular formula is C15H15N5O3S2. The third-order valence-electron chi connectivity index (χ3n) is 3.10. The maximum Gasteiger partial charge on any atom is 0.273 e. The molecule has 2 N–H and O–H groups in total. The highest BCUT2D eigenvalue weighted by Crippen LogP contribution is 2.29. The number of aromatic amines is 1. The number of carbonyl (C=O) groups is 1. The highest BCUT2D eigenvalue weighted by atomic mass is 32.2. The molecule has 1 aromatic carbocycles. The summed E-state index contributed by atoms with van der Waals surface area (Å²) >= 11 is 2.48. The number of thioether (sulfide) groups is 1. The average molecular weight is 377 g/mol. The third-order valence-corrected chi connectivity index (χ3v) is 4.89. The molecule has 0 aliphatic carbocycles. The Balaban J connectivity index is 1.63. The minimum atomic E-state index is -0.311. The molecule has 0 unspecified atom stereocenters. The molecule has 8 nitrogen and oxygen atoms in total. The number of carbonyl (C=O) groups excluding carboxylic acids is 1. The molecule has 0 bridgehead atoms. The normalized spacial score (nSPS) is 10.8. The van der Waals surface area contributed by atoms with Crippen molar-refractivity contribution < 1.29 is 9.53 Å². The molecule has 0 atom stereocenters. The van der Waals surface area contributed by atoms with Crippen molar-refractivity contribution in [1.82, 2.24) is 20.2 Å². The van der Waals surface area contributed by atoms with Crippen molar-refractivity contribution in [3.8, 4) is 5.75 Å². The van der Waals surface area contributed by atoms with Crippen LogP contribution in [0, 0.1) is 6.92 Å².